The molecule has 5 nitrogen and oxygen atoms in total. The minimum absolute atomic E-state index is 0.295. The maximum atomic E-state index is 11.0. The van der Waals surface area contributed by atoms with Crippen molar-refractivity contribution in [2.45, 2.75) is 32.2 Å². The van der Waals surface area contributed by atoms with Gasteiger partial charge in [0.1, 0.15) is 17.5 Å². The normalized spacial score (nSPS) is 17.4. The van der Waals surface area contributed by atoms with Crippen LogP contribution in [-0.4, -0.2) is 30.3 Å². The summed E-state index contributed by atoms with van der Waals surface area (Å²) in [5.74, 6) is 0.773. The molecule has 0 fully saturated rings. The van der Waals surface area contributed by atoms with E-state index in [1.54, 1.807) is 0 Å². The van der Waals surface area contributed by atoms with Gasteiger partial charge in [-0.25, -0.2) is 0 Å². The van der Waals surface area contributed by atoms with Crippen molar-refractivity contribution < 1.29 is 19.4 Å². The van der Waals surface area contributed by atoms with Gasteiger partial charge in [-0.3, -0.25) is 4.79 Å². The molecule has 0 saturated heterocycles. The Morgan fingerprint density at radius 1 is 1.26 bits per heavy atom. The van der Waals surface area contributed by atoms with Crippen LogP contribution in [0.4, 0.5) is 0 Å². The largest absolute Gasteiger partial charge is 0.493 e. The van der Waals surface area contributed by atoms with E-state index < -0.39 is 12.0 Å². The predicted molar refractivity (Wildman–Crippen MR) is 68.9 cm³/mol. The second-order valence-corrected chi connectivity index (χ2v) is 5.06. The van der Waals surface area contributed by atoms with E-state index in [0.717, 1.165) is 46.6 Å². The number of aliphatic carboxylic acids is 1. The maximum Gasteiger partial charge on any atom is 0.320 e. The van der Waals surface area contributed by atoms with Gasteiger partial charge in [-0.1, -0.05) is 0 Å². The summed E-state index contributed by atoms with van der Waals surface area (Å²) in [6.45, 7) is 3.33. The quantitative estimate of drug-likeness (QED) is 0.843. The second-order valence-electron chi connectivity index (χ2n) is 5.06. The van der Waals surface area contributed by atoms with Crippen LogP contribution < -0.4 is 15.2 Å². The number of carbonyl (C=O) groups is 1. The Kier molecular flexibility index (Phi) is 2.86. The number of fused-ring (bicyclic) bond motifs is 2. The van der Waals surface area contributed by atoms with Crippen LogP contribution in [0, 0.1) is 6.92 Å². The number of carboxylic acids is 1. The van der Waals surface area contributed by atoms with Gasteiger partial charge in [0.2, 0.25) is 0 Å². The molecule has 5 heteroatoms. The van der Waals surface area contributed by atoms with Crippen molar-refractivity contribution in [1.82, 2.24) is 0 Å². The van der Waals surface area contributed by atoms with Gasteiger partial charge in [0.15, 0.2) is 0 Å². The lowest BCUT2D eigenvalue weighted by Gasteiger charge is -2.17. The molecule has 0 aromatic heterocycles. The molecule has 2 heterocycles. The number of carboxylic acid groups (broad SMARTS) is 1. The van der Waals surface area contributed by atoms with Crippen molar-refractivity contribution in [2.75, 3.05) is 13.2 Å². The molecule has 0 saturated carbocycles. The highest BCUT2D eigenvalue weighted by atomic mass is 16.5. The summed E-state index contributed by atoms with van der Waals surface area (Å²) < 4.78 is 11.4. The van der Waals surface area contributed by atoms with Crippen molar-refractivity contribution in [1.29, 1.82) is 0 Å². The van der Waals surface area contributed by atoms with E-state index in [1.165, 1.54) is 0 Å². The summed E-state index contributed by atoms with van der Waals surface area (Å²) in [5.41, 5.74) is 9.97. The summed E-state index contributed by atoms with van der Waals surface area (Å²) in [7, 11) is 0. The Balaban J connectivity index is 2.11. The van der Waals surface area contributed by atoms with Crippen LogP contribution in [0.25, 0.3) is 0 Å². The first-order valence-electron chi connectivity index (χ1n) is 6.50. The molecule has 2 aliphatic rings. The first kappa shape index (κ1) is 12.3. The van der Waals surface area contributed by atoms with Crippen molar-refractivity contribution in [3.8, 4) is 11.5 Å². The van der Waals surface area contributed by atoms with E-state index in [2.05, 4.69) is 0 Å². The van der Waals surface area contributed by atoms with Crippen molar-refractivity contribution in [3.05, 3.63) is 22.3 Å². The zero-order valence-electron chi connectivity index (χ0n) is 10.9. The Morgan fingerprint density at radius 3 is 2.58 bits per heavy atom. The van der Waals surface area contributed by atoms with Crippen molar-refractivity contribution in [2.24, 2.45) is 5.73 Å². The van der Waals surface area contributed by atoms with E-state index in [0.29, 0.717) is 19.6 Å². The van der Waals surface area contributed by atoms with Gasteiger partial charge in [0, 0.05) is 36.0 Å². The fourth-order valence-electron chi connectivity index (χ4n) is 2.96. The van der Waals surface area contributed by atoms with Crippen LogP contribution in [0.2, 0.25) is 0 Å². The Hall–Kier alpha value is -1.75. The Morgan fingerprint density at radius 2 is 1.89 bits per heavy atom. The molecule has 0 radical (unpaired) electrons. The molecule has 19 heavy (non-hydrogen) atoms. The van der Waals surface area contributed by atoms with Gasteiger partial charge in [-0.05, 0) is 12.5 Å². The topological polar surface area (TPSA) is 81.8 Å². The summed E-state index contributed by atoms with van der Waals surface area (Å²) >= 11 is 0. The summed E-state index contributed by atoms with van der Waals surface area (Å²) in [4.78, 5) is 11.0. The SMILES string of the molecule is Cc1c2c(c(CC(N)C(=O)O)c3c1OCC3)OCC2. The average Bonchev–Trinajstić information content (AvgIpc) is 3.02. The van der Waals surface area contributed by atoms with Gasteiger partial charge in [0.05, 0.1) is 13.2 Å². The Bertz CT molecular complexity index is 518. The number of rotatable bonds is 3. The van der Waals surface area contributed by atoms with E-state index in [4.69, 9.17) is 20.3 Å². The minimum Gasteiger partial charge on any atom is -0.493 e. The first-order chi connectivity index (χ1) is 9.09. The van der Waals surface area contributed by atoms with Crippen LogP contribution >= 0.6 is 0 Å². The third-order valence-corrected chi connectivity index (χ3v) is 3.92. The van der Waals surface area contributed by atoms with Gasteiger partial charge >= 0.3 is 5.97 Å². The standard InChI is InChI=1S/C14H17NO4/c1-7-8-2-4-19-13(8)10(6-11(15)14(16)17)9-3-5-18-12(7)9/h11H,2-6,15H2,1H3,(H,16,17). The third kappa shape index (κ3) is 1.85. The molecule has 1 atom stereocenters. The van der Waals surface area contributed by atoms with Crippen LogP contribution in [0.5, 0.6) is 11.5 Å². The van der Waals surface area contributed by atoms with Crippen LogP contribution in [0.15, 0.2) is 0 Å². The predicted octanol–water partition coefficient (Wildman–Crippen LogP) is 0.819. The average molecular weight is 263 g/mol. The monoisotopic (exact) mass is 263 g/mol. The minimum atomic E-state index is -0.986. The molecule has 1 aromatic rings. The summed E-state index contributed by atoms with van der Waals surface area (Å²) in [6.07, 6.45) is 1.95. The van der Waals surface area contributed by atoms with Crippen LogP contribution in [-0.2, 0) is 24.1 Å². The molecule has 0 spiro atoms. The van der Waals surface area contributed by atoms with Gasteiger partial charge in [-0.2, -0.15) is 0 Å². The molecule has 0 amide bonds. The lowest BCUT2D eigenvalue weighted by atomic mass is 9.91. The number of benzene rings is 1. The molecular weight excluding hydrogens is 246 g/mol. The molecular formula is C14H17NO4. The first-order valence-corrected chi connectivity index (χ1v) is 6.50. The van der Waals surface area contributed by atoms with E-state index >= 15 is 0 Å². The highest BCUT2D eigenvalue weighted by Crippen LogP contribution is 2.44. The zero-order chi connectivity index (χ0) is 13.6. The molecule has 0 aliphatic carbocycles. The van der Waals surface area contributed by atoms with Crippen molar-refractivity contribution >= 4 is 5.97 Å². The number of nitrogens with two attached hydrogens (primary N) is 1. The second kappa shape index (κ2) is 4.42. The molecule has 0 bridgehead atoms. The van der Waals surface area contributed by atoms with Gasteiger partial charge in [-0.15, -0.1) is 0 Å². The lowest BCUT2D eigenvalue weighted by Crippen LogP contribution is -2.32. The molecule has 3 rings (SSSR count). The van der Waals surface area contributed by atoms with Crippen LogP contribution in [0.1, 0.15) is 22.3 Å². The number of hydrogen-bond acceptors (Lipinski definition) is 4. The highest BCUT2D eigenvalue weighted by Gasteiger charge is 2.31. The summed E-state index contributed by atoms with van der Waals surface area (Å²) in [5, 5.41) is 9.00. The number of ether oxygens (including phenoxy) is 2. The van der Waals surface area contributed by atoms with E-state index in [-0.39, 0.29) is 0 Å². The number of hydrogen-bond donors (Lipinski definition) is 2. The van der Waals surface area contributed by atoms with Gasteiger partial charge in [0.25, 0.3) is 0 Å². The van der Waals surface area contributed by atoms with Gasteiger partial charge < -0.3 is 20.3 Å². The third-order valence-electron chi connectivity index (χ3n) is 3.92. The summed E-state index contributed by atoms with van der Waals surface area (Å²) in [6, 6.07) is -0.902. The fourth-order valence-corrected chi connectivity index (χ4v) is 2.96. The van der Waals surface area contributed by atoms with Crippen molar-refractivity contribution in [3.63, 3.8) is 0 Å². The highest BCUT2D eigenvalue weighted by molar-refractivity contribution is 5.74. The zero-order valence-corrected chi connectivity index (χ0v) is 10.9. The smallest absolute Gasteiger partial charge is 0.320 e. The maximum absolute atomic E-state index is 11.0. The lowest BCUT2D eigenvalue weighted by molar-refractivity contribution is -0.138. The fraction of sp³-hybridized carbons (Fsp3) is 0.500. The van der Waals surface area contributed by atoms with E-state index in [9.17, 15) is 4.79 Å². The Labute approximate surface area is 111 Å². The molecule has 1 aromatic carbocycles. The molecule has 1 unspecified atom stereocenters. The molecule has 2 aliphatic heterocycles. The molecule has 3 N–H and O–H groups in total. The van der Waals surface area contributed by atoms with Crippen LogP contribution in [0.3, 0.4) is 0 Å². The van der Waals surface area contributed by atoms with E-state index in [1.807, 2.05) is 6.92 Å². The molecule has 102 valence electrons.